The highest BCUT2D eigenvalue weighted by Gasteiger charge is 2.61. The number of nitrogens with zero attached hydrogens (tertiary/aromatic N) is 3. The van der Waals surface area contributed by atoms with Gasteiger partial charge in [0, 0.05) is 23.5 Å². The summed E-state index contributed by atoms with van der Waals surface area (Å²) in [4.78, 5) is 13.7. The first kappa shape index (κ1) is 15.5. The van der Waals surface area contributed by atoms with Gasteiger partial charge in [0.15, 0.2) is 5.82 Å². The number of nitrogens with one attached hydrogen (secondary N) is 2. The number of rotatable bonds is 1. The van der Waals surface area contributed by atoms with Crippen LogP contribution >= 0.6 is 0 Å². The van der Waals surface area contributed by atoms with Gasteiger partial charge >= 0.3 is 12.1 Å². The zero-order valence-corrected chi connectivity index (χ0v) is 12.2. The highest BCUT2D eigenvalue weighted by Crippen LogP contribution is 2.47. The Bertz CT molecular complexity index is 900. The first-order valence-electron chi connectivity index (χ1n) is 7.01. The fraction of sp³-hybridized carbons (Fsp3) is 0.133. The number of aromatic nitrogens is 4. The van der Waals surface area contributed by atoms with Crippen molar-refractivity contribution in [3.05, 3.63) is 42.6 Å². The van der Waals surface area contributed by atoms with E-state index in [9.17, 15) is 22.0 Å². The molecule has 0 amide bonds. The Hall–Kier alpha value is -3.04. The number of H-pyrrole nitrogens is 1. The predicted octanol–water partition coefficient (Wildman–Crippen LogP) is 4.24. The quantitative estimate of drug-likeness (QED) is 0.502. The lowest BCUT2D eigenvalue weighted by Crippen LogP contribution is -2.34. The van der Waals surface area contributed by atoms with Gasteiger partial charge in [-0.25, -0.2) is 9.97 Å². The SMILES string of the molecule is FC(F)(F)C(F)(F)c1nc2c([nH]1)-c1ccncc1Nc1ncccc1-2. The van der Waals surface area contributed by atoms with Crippen LogP contribution in [0.3, 0.4) is 0 Å². The Morgan fingerprint density at radius 1 is 0.960 bits per heavy atom. The molecule has 0 unspecified atom stereocenters. The number of aromatic amines is 1. The molecule has 1 aliphatic heterocycles. The molecular weight excluding hydrogens is 345 g/mol. The van der Waals surface area contributed by atoms with Crippen LogP contribution in [0.1, 0.15) is 5.82 Å². The molecule has 3 aromatic heterocycles. The third-order valence-corrected chi connectivity index (χ3v) is 3.76. The number of anilines is 2. The smallest absolute Gasteiger partial charge is 0.338 e. The average Bonchev–Trinajstić information content (AvgIpc) is 2.95. The van der Waals surface area contributed by atoms with E-state index in [-0.39, 0.29) is 17.2 Å². The van der Waals surface area contributed by atoms with E-state index in [2.05, 4.69) is 25.3 Å². The molecule has 1 aliphatic rings. The molecule has 0 saturated heterocycles. The van der Waals surface area contributed by atoms with Crippen LogP contribution in [0.5, 0.6) is 0 Å². The van der Waals surface area contributed by atoms with E-state index in [0.717, 1.165) is 0 Å². The van der Waals surface area contributed by atoms with Crippen molar-refractivity contribution in [2.24, 2.45) is 0 Å². The summed E-state index contributed by atoms with van der Waals surface area (Å²) in [6.45, 7) is 0. The topological polar surface area (TPSA) is 66.5 Å². The molecule has 0 aromatic carbocycles. The van der Waals surface area contributed by atoms with Crippen molar-refractivity contribution >= 4 is 11.5 Å². The van der Waals surface area contributed by atoms with Gasteiger partial charge in [0.1, 0.15) is 11.5 Å². The summed E-state index contributed by atoms with van der Waals surface area (Å²) in [6.07, 6.45) is -1.48. The number of alkyl halides is 5. The molecule has 0 spiro atoms. The summed E-state index contributed by atoms with van der Waals surface area (Å²) >= 11 is 0. The molecule has 2 N–H and O–H groups in total. The van der Waals surface area contributed by atoms with Gasteiger partial charge in [0.25, 0.3) is 0 Å². The van der Waals surface area contributed by atoms with Crippen LogP contribution in [0, 0.1) is 0 Å². The Balaban J connectivity index is 2.02. The zero-order valence-electron chi connectivity index (χ0n) is 12.2. The van der Waals surface area contributed by atoms with Crippen LogP contribution in [0.25, 0.3) is 22.5 Å². The molecule has 0 bridgehead atoms. The van der Waals surface area contributed by atoms with Crippen molar-refractivity contribution in [1.29, 1.82) is 0 Å². The van der Waals surface area contributed by atoms with Crippen LogP contribution in [-0.2, 0) is 5.92 Å². The van der Waals surface area contributed by atoms with Crippen LogP contribution in [-0.4, -0.2) is 26.1 Å². The fourth-order valence-electron chi connectivity index (χ4n) is 2.58. The van der Waals surface area contributed by atoms with Crippen LogP contribution in [0.15, 0.2) is 36.8 Å². The Morgan fingerprint density at radius 2 is 1.76 bits per heavy atom. The minimum absolute atomic E-state index is 0.0376. The minimum atomic E-state index is -5.76. The van der Waals surface area contributed by atoms with E-state index in [1.54, 1.807) is 0 Å². The molecule has 4 rings (SSSR count). The van der Waals surface area contributed by atoms with E-state index in [0.29, 0.717) is 16.8 Å². The molecule has 0 saturated carbocycles. The summed E-state index contributed by atoms with van der Waals surface area (Å²) in [5.74, 6) is -6.30. The number of hydrogen-bond acceptors (Lipinski definition) is 4. The first-order valence-corrected chi connectivity index (χ1v) is 7.01. The zero-order chi connectivity index (χ0) is 17.8. The molecule has 10 heteroatoms. The maximum Gasteiger partial charge on any atom is 0.461 e. The summed E-state index contributed by atoms with van der Waals surface area (Å²) in [5.41, 5.74) is 1.07. The first-order chi connectivity index (χ1) is 11.8. The lowest BCUT2D eigenvalue weighted by atomic mass is 10.1. The van der Waals surface area contributed by atoms with Crippen LogP contribution in [0.2, 0.25) is 0 Å². The van der Waals surface area contributed by atoms with Crippen molar-refractivity contribution < 1.29 is 22.0 Å². The van der Waals surface area contributed by atoms with E-state index in [1.165, 1.54) is 36.8 Å². The summed E-state index contributed by atoms with van der Waals surface area (Å²) in [7, 11) is 0. The van der Waals surface area contributed by atoms with Gasteiger partial charge < -0.3 is 10.3 Å². The molecule has 25 heavy (non-hydrogen) atoms. The monoisotopic (exact) mass is 353 g/mol. The standard InChI is InChI=1S/C15H8F5N5/c16-14(17,15(18,19)20)13-24-10-7-3-5-21-6-9(7)23-12-8(11(10)25-13)2-1-4-22-12/h1-6H,(H,22,23)(H,24,25). The van der Waals surface area contributed by atoms with Crippen molar-refractivity contribution in [2.75, 3.05) is 5.32 Å². The third kappa shape index (κ3) is 2.24. The molecular formula is C15H8F5N5. The van der Waals surface area contributed by atoms with Gasteiger partial charge in [-0.15, -0.1) is 0 Å². The van der Waals surface area contributed by atoms with Gasteiger partial charge in [-0.05, 0) is 18.2 Å². The molecule has 3 aromatic rings. The molecule has 0 aliphatic carbocycles. The van der Waals surface area contributed by atoms with Crippen LogP contribution < -0.4 is 5.32 Å². The number of halogens is 5. The van der Waals surface area contributed by atoms with Gasteiger partial charge in [-0.1, -0.05) is 0 Å². The van der Waals surface area contributed by atoms with Crippen molar-refractivity contribution in [3.8, 4) is 22.5 Å². The maximum absolute atomic E-state index is 13.7. The van der Waals surface area contributed by atoms with Crippen molar-refractivity contribution in [2.45, 2.75) is 12.1 Å². The van der Waals surface area contributed by atoms with E-state index in [1.807, 2.05) is 0 Å². The van der Waals surface area contributed by atoms with Gasteiger partial charge in [0.05, 0.1) is 17.6 Å². The predicted molar refractivity (Wildman–Crippen MR) is 78.3 cm³/mol. The average molecular weight is 353 g/mol. The fourth-order valence-corrected chi connectivity index (χ4v) is 2.58. The lowest BCUT2D eigenvalue weighted by molar-refractivity contribution is -0.292. The highest BCUT2D eigenvalue weighted by atomic mass is 19.4. The van der Waals surface area contributed by atoms with E-state index in [4.69, 9.17) is 0 Å². The summed E-state index contributed by atoms with van der Waals surface area (Å²) in [6, 6.07) is 4.55. The van der Waals surface area contributed by atoms with Crippen molar-refractivity contribution in [1.82, 2.24) is 19.9 Å². The maximum atomic E-state index is 13.7. The molecule has 128 valence electrons. The van der Waals surface area contributed by atoms with E-state index < -0.39 is 17.9 Å². The van der Waals surface area contributed by atoms with Gasteiger partial charge in [-0.3, -0.25) is 4.98 Å². The van der Waals surface area contributed by atoms with Crippen LogP contribution in [0.4, 0.5) is 33.5 Å². The molecule has 0 fully saturated rings. The molecule has 0 radical (unpaired) electrons. The number of hydrogen-bond donors (Lipinski definition) is 2. The largest absolute Gasteiger partial charge is 0.461 e. The molecule has 0 atom stereocenters. The van der Waals surface area contributed by atoms with E-state index >= 15 is 0 Å². The number of imidazole rings is 1. The van der Waals surface area contributed by atoms with Crippen molar-refractivity contribution in [3.63, 3.8) is 0 Å². The molecule has 5 nitrogen and oxygen atoms in total. The second-order valence-electron chi connectivity index (χ2n) is 5.33. The van der Waals surface area contributed by atoms with Gasteiger partial charge in [-0.2, -0.15) is 22.0 Å². The lowest BCUT2D eigenvalue weighted by Gasteiger charge is -2.17. The minimum Gasteiger partial charge on any atom is -0.338 e. The normalized spacial score (nSPS) is 13.3. The Morgan fingerprint density at radius 3 is 2.52 bits per heavy atom. The summed E-state index contributed by atoms with van der Waals surface area (Å²) < 4.78 is 65.6. The Kier molecular flexibility index (Phi) is 3.08. The number of pyridine rings is 2. The van der Waals surface area contributed by atoms with Gasteiger partial charge in [0.2, 0.25) is 0 Å². The summed E-state index contributed by atoms with van der Waals surface area (Å²) in [5, 5.41) is 2.98. The Labute approximate surface area is 137 Å². The third-order valence-electron chi connectivity index (χ3n) is 3.76. The highest BCUT2D eigenvalue weighted by molar-refractivity contribution is 5.94. The number of fused-ring (bicyclic) bond motifs is 5. The second-order valence-corrected chi connectivity index (χ2v) is 5.33. The second kappa shape index (κ2) is 4.98. The molecule has 4 heterocycles.